The van der Waals surface area contributed by atoms with Crippen molar-refractivity contribution in [3.63, 3.8) is 0 Å². The van der Waals surface area contributed by atoms with E-state index in [1.807, 2.05) is 24.4 Å². The van der Waals surface area contributed by atoms with Gasteiger partial charge < -0.3 is 4.98 Å². The van der Waals surface area contributed by atoms with Crippen molar-refractivity contribution in [1.82, 2.24) is 19.7 Å². The molecule has 0 aliphatic heterocycles. The third-order valence-corrected chi connectivity index (χ3v) is 4.29. The fourth-order valence-corrected chi connectivity index (χ4v) is 2.70. The third kappa shape index (κ3) is 2.55. The number of H-pyrrole nitrogens is 1. The van der Waals surface area contributed by atoms with Crippen molar-refractivity contribution in [2.24, 2.45) is 0 Å². The first-order valence-corrected chi connectivity index (χ1v) is 7.62. The monoisotopic (exact) mass is 282 g/mol. The molecule has 2 saturated carbocycles. The average Bonchev–Trinajstić information content (AvgIpc) is 3.16. The molecule has 5 heteroatoms. The van der Waals surface area contributed by atoms with Crippen LogP contribution in [0.4, 0.5) is 0 Å². The zero-order chi connectivity index (χ0) is 14.2. The van der Waals surface area contributed by atoms with Gasteiger partial charge in [-0.1, -0.05) is 0 Å². The number of hydrogen-bond acceptors (Lipinski definition) is 3. The lowest BCUT2D eigenvalue weighted by Crippen LogP contribution is -2.19. The minimum atomic E-state index is -0.0703. The summed E-state index contributed by atoms with van der Waals surface area (Å²) in [5.41, 5.74) is 1.73. The number of rotatable bonds is 4. The van der Waals surface area contributed by atoms with Crippen molar-refractivity contribution < 1.29 is 0 Å². The lowest BCUT2D eigenvalue weighted by Gasteiger charge is -2.26. The van der Waals surface area contributed by atoms with Crippen molar-refractivity contribution in [2.75, 3.05) is 0 Å². The van der Waals surface area contributed by atoms with Crippen molar-refractivity contribution in [3.8, 4) is 0 Å². The Morgan fingerprint density at radius 2 is 2.10 bits per heavy atom. The van der Waals surface area contributed by atoms with Crippen molar-refractivity contribution in [3.05, 3.63) is 45.9 Å². The Balaban J connectivity index is 1.60. The molecule has 2 aliphatic rings. The summed E-state index contributed by atoms with van der Waals surface area (Å²) in [6.07, 6.45) is 11.7. The van der Waals surface area contributed by atoms with Crippen LogP contribution in [0.3, 0.4) is 0 Å². The third-order valence-electron chi connectivity index (χ3n) is 4.29. The molecule has 0 aromatic carbocycles. The molecule has 21 heavy (non-hydrogen) atoms. The Kier molecular flexibility index (Phi) is 2.98. The van der Waals surface area contributed by atoms with Gasteiger partial charge in [-0.15, -0.1) is 0 Å². The summed E-state index contributed by atoms with van der Waals surface area (Å²) in [5.74, 6) is 1.28. The maximum atomic E-state index is 11.7. The first kappa shape index (κ1) is 12.6. The molecule has 0 bridgehead atoms. The van der Waals surface area contributed by atoms with E-state index < -0.39 is 0 Å². The molecule has 1 N–H and O–H groups in total. The van der Waals surface area contributed by atoms with E-state index in [1.165, 1.54) is 19.3 Å². The number of hydrogen-bond donors (Lipinski definition) is 1. The van der Waals surface area contributed by atoms with Crippen LogP contribution in [0.15, 0.2) is 23.1 Å². The summed E-state index contributed by atoms with van der Waals surface area (Å²) in [4.78, 5) is 19.1. The first-order valence-electron chi connectivity index (χ1n) is 7.62. The maximum Gasteiger partial charge on any atom is 0.251 e. The fourth-order valence-electron chi connectivity index (χ4n) is 2.70. The molecule has 0 unspecified atom stereocenters. The largest absolute Gasteiger partial charge is 0.310 e. The van der Waals surface area contributed by atoms with Gasteiger partial charge in [0.2, 0.25) is 0 Å². The van der Waals surface area contributed by atoms with Crippen LogP contribution in [-0.4, -0.2) is 19.7 Å². The van der Waals surface area contributed by atoms with Gasteiger partial charge in [0.15, 0.2) is 0 Å². The minimum absolute atomic E-state index is 0.0703. The molecule has 2 heterocycles. The van der Waals surface area contributed by atoms with Crippen molar-refractivity contribution >= 4 is 12.2 Å². The van der Waals surface area contributed by atoms with Gasteiger partial charge in [-0.2, -0.15) is 5.10 Å². The Morgan fingerprint density at radius 3 is 2.81 bits per heavy atom. The predicted octanol–water partition coefficient (Wildman–Crippen LogP) is 2.74. The summed E-state index contributed by atoms with van der Waals surface area (Å²) in [6, 6.07) is 4.09. The van der Waals surface area contributed by atoms with E-state index >= 15 is 0 Å². The normalized spacial score (nSPS) is 19.0. The van der Waals surface area contributed by atoms with Crippen LogP contribution in [0, 0.1) is 0 Å². The van der Waals surface area contributed by atoms with E-state index in [2.05, 4.69) is 19.7 Å². The van der Waals surface area contributed by atoms with Gasteiger partial charge in [0.05, 0.1) is 17.4 Å². The van der Waals surface area contributed by atoms with Gasteiger partial charge in [0, 0.05) is 18.2 Å². The molecule has 2 aliphatic carbocycles. The molecule has 0 radical (unpaired) electrons. The molecule has 4 rings (SSSR count). The van der Waals surface area contributed by atoms with E-state index in [-0.39, 0.29) is 5.56 Å². The molecule has 2 fully saturated rings. The Hall–Kier alpha value is -2.17. The number of aromatic nitrogens is 4. The SMILES string of the molecule is O=c1cc(/C=C/c2ccnn2C2CCC2)nc(C2CC2)[nH]1. The Morgan fingerprint density at radius 1 is 1.24 bits per heavy atom. The van der Waals surface area contributed by atoms with Gasteiger partial charge in [0.25, 0.3) is 5.56 Å². The molecule has 0 spiro atoms. The highest BCUT2D eigenvalue weighted by Gasteiger charge is 2.26. The maximum absolute atomic E-state index is 11.7. The molecule has 0 saturated heterocycles. The second-order valence-corrected chi connectivity index (χ2v) is 5.95. The molecule has 108 valence electrons. The molecule has 2 aromatic heterocycles. The highest BCUT2D eigenvalue weighted by molar-refractivity contribution is 5.66. The van der Waals surface area contributed by atoms with Gasteiger partial charge in [0.1, 0.15) is 5.82 Å². The molecular weight excluding hydrogens is 264 g/mol. The van der Waals surface area contributed by atoms with E-state index in [1.54, 1.807) is 6.07 Å². The summed E-state index contributed by atoms with van der Waals surface area (Å²) in [6.45, 7) is 0. The number of aromatic amines is 1. The molecule has 0 amide bonds. The van der Waals surface area contributed by atoms with Crippen LogP contribution in [-0.2, 0) is 0 Å². The van der Waals surface area contributed by atoms with E-state index in [4.69, 9.17) is 0 Å². The van der Waals surface area contributed by atoms with Gasteiger partial charge in [-0.3, -0.25) is 9.48 Å². The quantitative estimate of drug-likeness (QED) is 0.937. The van der Waals surface area contributed by atoms with Crippen LogP contribution in [0.2, 0.25) is 0 Å². The smallest absolute Gasteiger partial charge is 0.251 e. The van der Waals surface area contributed by atoms with Crippen molar-refractivity contribution in [1.29, 1.82) is 0 Å². The molecule has 5 nitrogen and oxygen atoms in total. The van der Waals surface area contributed by atoms with Crippen LogP contribution in [0.25, 0.3) is 12.2 Å². The lowest BCUT2D eigenvalue weighted by molar-refractivity contribution is 0.288. The summed E-state index contributed by atoms with van der Waals surface area (Å²) < 4.78 is 2.08. The first-order chi connectivity index (χ1) is 10.3. The van der Waals surface area contributed by atoms with Crippen LogP contribution in [0.5, 0.6) is 0 Å². The van der Waals surface area contributed by atoms with Gasteiger partial charge in [-0.25, -0.2) is 4.98 Å². The Bertz CT molecular complexity index is 735. The zero-order valence-corrected chi connectivity index (χ0v) is 11.8. The molecular formula is C16H18N4O. The lowest BCUT2D eigenvalue weighted by atomic mass is 9.93. The summed E-state index contributed by atoms with van der Waals surface area (Å²) in [7, 11) is 0. The minimum Gasteiger partial charge on any atom is -0.310 e. The highest BCUT2D eigenvalue weighted by Crippen LogP contribution is 2.37. The number of nitrogens with zero attached hydrogens (tertiary/aromatic N) is 3. The summed E-state index contributed by atoms with van der Waals surface area (Å²) in [5, 5.41) is 4.40. The standard InChI is InChI=1S/C16H18N4O/c21-15-10-12(18-16(19-15)11-4-5-11)6-7-14-8-9-17-20(14)13-2-1-3-13/h6-11,13H,1-5H2,(H,18,19,21)/b7-6+. The van der Waals surface area contributed by atoms with E-state index in [9.17, 15) is 4.79 Å². The second-order valence-electron chi connectivity index (χ2n) is 5.95. The fraction of sp³-hybridized carbons (Fsp3) is 0.438. The van der Waals surface area contributed by atoms with E-state index in [0.717, 1.165) is 30.1 Å². The van der Waals surface area contributed by atoms with Gasteiger partial charge >= 0.3 is 0 Å². The van der Waals surface area contributed by atoms with E-state index in [0.29, 0.717) is 12.0 Å². The highest BCUT2D eigenvalue weighted by atomic mass is 16.1. The zero-order valence-electron chi connectivity index (χ0n) is 11.8. The van der Waals surface area contributed by atoms with Gasteiger partial charge in [-0.05, 0) is 50.3 Å². The van der Waals surface area contributed by atoms with Crippen LogP contribution >= 0.6 is 0 Å². The molecule has 0 atom stereocenters. The predicted molar refractivity (Wildman–Crippen MR) is 80.9 cm³/mol. The number of nitrogens with one attached hydrogen (secondary N) is 1. The summed E-state index contributed by atoms with van der Waals surface area (Å²) >= 11 is 0. The van der Waals surface area contributed by atoms with Crippen LogP contribution in [0.1, 0.15) is 61.3 Å². The van der Waals surface area contributed by atoms with Crippen molar-refractivity contribution in [2.45, 2.75) is 44.1 Å². The topological polar surface area (TPSA) is 63.6 Å². The second kappa shape index (κ2) is 4.98. The average molecular weight is 282 g/mol. The molecule has 2 aromatic rings. The Labute approximate surface area is 122 Å². The van der Waals surface area contributed by atoms with Crippen LogP contribution < -0.4 is 5.56 Å².